The Hall–Kier alpha value is -4.00. The minimum absolute atomic E-state index is 0.0385. The summed E-state index contributed by atoms with van der Waals surface area (Å²) in [5, 5.41) is 11.2. The fourth-order valence-corrected chi connectivity index (χ4v) is 4.11. The van der Waals surface area contributed by atoms with Gasteiger partial charge in [-0.25, -0.2) is 0 Å². The summed E-state index contributed by atoms with van der Waals surface area (Å²) in [5.41, 5.74) is 0.834. The van der Waals surface area contributed by atoms with Crippen molar-refractivity contribution in [3.05, 3.63) is 83.8 Å². The van der Waals surface area contributed by atoms with Crippen molar-refractivity contribution >= 4 is 23.1 Å². The first-order valence-corrected chi connectivity index (χ1v) is 11.9. The predicted molar refractivity (Wildman–Crippen MR) is 133 cm³/mol. The summed E-state index contributed by atoms with van der Waals surface area (Å²) in [6.45, 7) is 5.07. The molecular weight excluding hydrogens is 446 g/mol. The molecule has 3 aromatic rings. The van der Waals surface area contributed by atoms with E-state index in [1.165, 1.54) is 11.2 Å². The minimum Gasteiger partial charge on any atom is -0.507 e. The number of carbonyl (C=O) groups excluding carboxylic acids is 2. The van der Waals surface area contributed by atoms with Gasteiger partial charge in [-0.15, -0.1) is 0 Å². The van der Waals surface area contributed by atoms with Crippen LogP contribution in [0.5, 0.6) is 11.5 Å². The molecule has 0 aliphatic carbocycles. The first kappa shape index (κ1) is 24.1. The van der Waals surface area contributed by atoms with Crippen LogP contribution in [0.4, 0.5) is 5.69 Å². The number of carbonyl (C=O) groups is 2. The Morgan fingerprint density at radius 2 is 1.77 bits per heavy atom. The molecule has 7 heteroatoms. The van der Waals surface area contributed by atoms with Gasteiger partial charge in [-0.3, -0.25) is 14.5 Å². The fourth-order valence-electron chi connectivity index (χ4n) is 4.11. The lowest BCUT2D eigenvalue weighted by Gasteiger charge is -2.23. The number of amides is 1. The van der Waals surface area contributed by atoms with E-state index in [2.05, 4.69) is 6.92 Å². The molecule has 2 heterocycles. The number of benzene rings is 2. The molecule has 4 rings (SSSR count). The van der Waals surface area contributed by atoms with Crippen molar-refractivity contribution in [1.29, 1.82) is 0 Å². The Bertz CT molecular complexity index is 1200. The summed E-state index contributed by atoms with van der Waals surface area (Å²) in [4.78, 5) is 27.7. The highest BCUT2D eigenvalue weighted by atomic mass is 16.5. The SMILES string of the molecule is CCCCCOc1ccc(/C(O)=C2/C(=O)C(=O)N(c3cccc(OCC)c3)C2c2ccco2)cc1. The molecule has 7 nitrogen and oxygen atoms in total. The Morgan fingerprint density at radius 1 is 0.971 bits per heavy atom. The van der Waals surface area contributed by atoms with Crippen LogP contribution in [0.1, 0.15) is 50.5 Å². The van der Waals surface area contributed by atoms with Gasteiger partial charge in [-0.2, -0.15) is 0 Å². The highest BCUT2D eigenvalue weighted by Crippen LogP contribution is 2.43. The number of Topliss-reactive ketones (excluding diaryl/α,β-unsaturated/α-hetero) is 1. The van der Waals surface area contributed by atoms with Crippen molar-refractivity contribution in [2.24, 2.45) is 0 Å². The third-order valence-corrected chi connectivity index (χ3v) is 5.81. The lowest BCUT2D eigenvalue weighted by Crippen LogP contribution is -2.29. The van der Waals surface area contributed by atoms with E-state index in [-0.39, 0.29) is 11.3 Å². The van der Waals surface area contributed by atoms with Crippen LogP contribution in [0, 0.1) is 0 Å². The van der Waals surface area contributed by atoms with Crippen LogP contribution in [-0.4, -0.2) is 30.0 Å². The number of furan rings is 1. The van der Waals surface area contributed by atoms with Gasteiger partial charge < -0.3 is 19.0 Å². The topological polar surface area (TPSA) is 89.2 Å². The summed E-state index contributed by atoms with van der Waals surface area (Å²) in [6.07, 6.45) is 4.64. The zero-order chi connectivity index (χ0) is 24.8. The molecule has 1 aliphatic heterocycles. The van der Waals surface area contributed by atoms with Gasteiger partial charge in [0.15, 0.2) is 0 Å². The van der Waals surface area contributed by atoms with Crippen LogP contribution in [0.2, 0.25) is 0 Å². The Labute approximate surface area is 204 Å². The van der Waals surface area contributed by atoms with Gasteiger partial charge in [0.1, 0.15) is 29.1 Å². The number of aliphatic hydroxyl groups is 1. The lowest BCUT2D eigenvalue weighted by atomic mass is 9.99. The van der Waals surface area contributed by atoms with Crippen molar-refractivity contribution in [3.63, 3.8) is 0 Å². The lowest BCUT2D eigenvalue weighted by molar-refractivity contribution is -0.132. The second-order valence-corrected chi connectivity index (χ2v) is 8.19. The summed E-state index contributed by atoms with van der Waals surface area (Å²) in [5.74, 6) is -0.203. The van der Waals surface area contributed by atoms with E-state index in [0.717, 1.165) is 19.3 Å². The minimum atomic E-state index is -0.924. The molecule has 1 aliphatic rings. The summed E-state index contributed by atoms with van der Waals surface area (Å²) in [7, 11) is 0. The zero-order valence-electron chi connectivity index (χ0n) is 19.9. The smallest absolute Gasteiger partial charge is 0.300 e. The molecular formula is C28H29NO6. The van der Waals surface area contributed by atoms with Crippen molar-refractivity contribution < 1.29 is 28.6 Å². The van der Waals surface area contributed by atoms with Crippen LogP contribution in [0.25, 0.3) is 5.76 Å². The van der Waals surface area contributed by atoms with Crippen molar-refractivity contribution in [3.8, 4) is 11.5 Å². The second-order valence-electron chi connectivity index (χ2n) is 8.19. The molecule has 1 N–H and O–H groups in total. The number of hydrogen-bond donors (Lipinski definition) is 1. The fraction of sp³-hybridized carbons (Fsp3) is 0.286. The van der Waals surface area contributed by atoms with Crippen LogP contribution in [0.15, 0.2) is 76.9 Å². The van der Waals surface area contributed by atoms with Crippen LogP contribution < -0.4 is 14.4 Å². The van der Waals surface area contributed by atoms with Gasteiger partial charge in [0.05, 0.1) is 25.1 Å². The van der Waals surface area contributed by atoms with E-state index in [4.69, 9.17) is 13.9 Å². The van der Waals surface area contributed by atoms with E-state index in [0.29, 0.717) is 41.7 Å². The maximum absolute atomic E-state index is 13.2. The molecule has 0 radical (unpaired) electrons. The monoisotopic (exact) mass is 475 g/mol. The summed E-state index contributed by atoms with van der Waals surface area (Å²) >= 11 is 0. The van der Waals surface area contributed by atoms with Gasteiger partial charge in [0.2, 0.25) is 0 Å². The highest BCUT2D eigenvalue weighted by molar-refractivity contribution is 6.51. The number of rotatable bonds is 10. The Kier molecular flexibility index (Phi) is 7.55. The van der Waals surface area contributed by atoms with Crippen molar-refractivity contribution in [1.82, 2.24) is 0 Å². The quantitative estimate of drug-likeness (QED) is 0.171. The van der Waals surface area contributed by atoms with Crippen LogP contribution in [0.3, 0.4) is 0 Å². The Balaban J connectivity index is 1.71. The zero-order valence-corrected chi connectivity index (χ0v) is 19.9. The standard InChI is InChI=1S/C28H29NO6/c1-3-5-6-16-34-21-14-12-19(13-15-21)26(30)24-25(23-11-8-17-35-23)29(28(32)27(24)31)20-9-7-10-22(18-20)33-4-2/h7-15,17-18,25,30H,3-6,16H2,1-2H3/b26-24-. The largest absolute Gasteiger partial charge is 0.507 e. The van der Waals surface area contributed by atoms with Gasteiger partial charge in [-0.05, 0) is 61.9 Å². The van der Waals surface area contributed by atoms with Crippen molar-refractivity contribution in [2.45, 2.75) is 39.2 Å². The van der Waals surface area contributed by atoms with Crippen LogP contribution in [-0.2, 0) is 9.59 Å². The molecule has 0 bridgehead atoms. The molecule has 2 aromatic carbocycles. The van der Waals surface area contributed by atoms with Gasteiger partial charge in [0.25, 0.3) is 11.7 Å². The highest BCUT2D eigenvalue weighted by Gasteiger charge is 2.48. The predicted octanol–water partition coefficient (Wildman–Crippen LogP) is 5.87. The number of nitrogens with zero attached hydrogens (tertiary/aromatic N) is 1. The average Bonchev–Trinajstić information content (AvgIpc) is 3.49. The first-order chi connectivity index (χ1) is 17.0. The third-order valence-electron chi connectivity index (χ3n) is 5.81. The molecule has 1 saturated heterocycles. The normalized spacial score (nSPS) is 17.1. The number of ketones is 1. The molecule has 1 aromatic heterocycles. The van der Waals surface area contributed by atoms with Gasteiger partial charge in [0, 0.05) is 17.3 Å². The average molecular weight is 476 g/mol. The number of unbranched alkanes of at least 4 members (excludes halogenated alkanes) is 2. The number of anilines is 1. The van der Waals surface area contributed by atoms with E-state index in [1.807, 2.05) is 6.92 Å². The number of ether oxygens (including phenoxy) is 2. The Morgan fingerprint density at radius 3 is 2.46 bits per heavy atom. The first-order valence-electron chi connectivity index (χ1n) is 11.9. The third kappa shape index (κ3) is 5.09. The molecule has 1 unspecified atom stereocenters. The van der Waals surface area contributed by atoms with E-state index < -0.39 is 17.7 Å². The summed E-state index contributed by atoms with van der Waals surface area (Å²) in [6, 6.07) is 16.2. The van der Waals surface area contributed by atoms with Crippen molar-refractivity contribution in [2.75, 3.05) is 18.1 Å². The molecule has 1 fully saturated rings. The summed E-state index contributed by atoms with van der Waals surface area (Å²) < 4.78 is 16.9. The molecule has 35 heavy (non-hydrogen) atoms. The van der Waals surface area contributed by atoms with Gasteiger partial charge >= 0.3 is 0 Å². The maximum Gasteiger partial charge on any atom is 0.300 e. The molecule has 0 spiro atoms. The van der Waals surface area contributed by atoms with Crippen LogP contribution >= 0.6 is 0 Å². The molecule has 182 valence electrons. The molecule has 0 saturated carbocycles. The second kappa shape index (κ2) is 11.0. The number of hydrogen-bond acceptors (Lipinski definition) is 6. The molecule has 1 atom stereocenters. The van der Waals surface area contributed by atoms with E-state index >= 15 is 0 Å². The van der Waals surface area contributed by atoms with E-state index in [1.54, 1.807) is 60.7 Å². The maximum atomic E-state index is 13.2. The van der Waals surface area contributed by atoms with Gasteiger partial charge in [-0.1, -0.05) is 25.8 Å². The van der Waals surface area contributed by atoms with E-state index in [9.17, 15) is 14.7 Å². The number of aliphatic hydroxyl groups excluding tert-OH is 1. The molecule has 1 amide bonds.